The first-order valence-corrected chi connectivity index (χ1v) is 2.92. The van der Waals surface area contributed by atoms with Gasteiger partial charge in [0.15, 0.2) is 0 Å². The van der Waals surface area contributed by atoms with Crippen LogP contribution in [0.4, 0.5) is 0 Å². The van der Waals surface area contributed by atoms with Crippen molar-refractivity contribution in [2.45, 2.75) is 6.40 Å². The molecule has 1 nitrogen and oxygen atoms in total. The van der Waals surface area contributed by atoms with E-state index in [-0.39, 0.29) is 6.61 Å². The van der Waals surface area contributed by atoms with E-state index in [1.165, 1.54) is 0 Å². The van der Waals surface area contributed by atoms with Crippen LogP contribution < -0.4 is 0 Å². The smallest absolute Gasteiger partial charge is 0.0471 e. The summed E-state index contributed by atoms with van der Waals surface area (Å²) in [6.07, 6.45) is -0.485. The Bertz CT molecular complexity index is 186. The van der Waals surface area contributed by atoms with E-state index in [2.05, 4.69) is 0 Å². The molecule has 1 rings (SSSR count). The highest BCUT2D eigenvalue weighted by Gasteiger charge is 1.85. The van der Waals surface area contributed by atoms with E-state index in [4.69, 9.17) is 6.48 Å². The van der Waals surface area contributed by atoms with Crippen LogP contribution in [0.15, 0.2) is 30.3 Å². The summed E-state index contributed by atoms with van der Waals surface area (Å²) in [7, 11) is 0. The van der Waals surface area contributed by atoms with Gasteiger partial charge in [0.2, 0.25) is 0 Å². The third-order valence-electron chi connectivity index (χ3n) is 1.13. The summed E-state index contributed by atoms with van der Waals surface area (Å²) in [4.78, 5) is 0. The highest BCUT2D eigenvalue weighted by atomic mass is 16.2. The summed E-state index contributed by atoms with van der Waals surface area (Å²) >= 11 is 0. The molecule has 0 saturated heterocycles. The van der Waals surface area contributed by atoms with Crippen molar-refractivity contribution in [3.63, 3.8) is 0 Å². The minimum absolute atomic E-state index is 0.107. The summed E-state index contributed by atoms with van der Waals surface area (Å²) in [6.45, 7) is -0.107. The monoisotopic (exact) mass is 123 g/mol. The fraction of sp³-hybridized carbons (Fsp3) is 0.250. The molecule has 1 atom stereocenters. The Morgan fingerprint density at radius 3 is 2.56 bits per heavy atom. The molecule has 1 N–H and O–H groups in total. The Labute approximate surface area is 56.4 Å². The van der Waals surface area contributed by atoms with Crippen molar-refractivity contribution in [3.8, 4) is 0 Å². The second kappa shape index (κ2) is 3.25. The van der Waals surface area contributed by atoms with Gasteiger partial charge in [-0.3, -0.25) is 0 Å². The second-order valence-corrected chi connectivity index (χ2v) is 1.80. The molecule has 0 fully saturated rings. The molecule has 1 heteroatoms. The number of hydrogen-bond acceptors (Lipinski definition) is 1. The van der Waals surface area contributed by atoms with Crippen molar-refractivity contribution >= 4 is 0 Å². The SMILES string of the molecule is [2H][C@H](CO)c1ccccc1. The molecular weight excluding hydrogens is 112 g/mol. The molecule has 0 spiro atoms. The lowest BCUT2D eigenvalue weighted by Crippen LogP contribution is -1.88. The molecule has 48 valence electrons. The molecular formula is C8H10O. The van der Waals surface area contributed by atoms with Crippen molar-refractivity contribution in [1.82, 2.24) is 0 Å². The average Bonchev–Trinajstić information content (AvgIpc) is 2.05. The van der Waals surface area contributed by atoms with Gasteiger partial charge in [-0.15, -0.1) is 0 Å². The van der Waals surface area contributed by atoms with Gasteiger partial charge in [0, 0.05) is 7.98 Å². The largest absolute Gasteiger partial charge is 0.396 e. The van der Waals surface area contributed by atoms with E-state index in [0.717, 1.165) is 5.56 Å². The fourth-order valence-electron chi connectivity index (χ4n) is 0.695. The predicted molar refractivity (Wildman–Crippen MR) is 37.2 cm³/mol. The minimum Gasteiger partial charge on any atom is -0.396 e. The van der Waals surface area contributed by atoms with Gasteiger partial charge in [0.05, 0.1) is 0 Å². The Kier molecular flexibility index (Phi) is 1.81. The van der Waals surface area contributed by atoms with Crippen LogP contribution in [0.2, 0.25) is 0 Å². The zero-order valence-corrected chi connectivity index (χ0v) is 5.12. The molecule has 1 aromatic rings. The molecule has 0 saturated carbocycles. The normalized spacial score (nSPS) is 14.6. The highest BCUT2D eigenvalue weighted by Crippen LogP contribution is 1.97. The van der Waals surface area contributed by atoms with Gasteiger partial charge < -0.3 is 5.11 Å². The standard InChI is InChI=1S/C8H10O/c9-7-6-8-4-2-1-3-5-8/h1-5,9H,6-7H2/i6D/t6-/m1/s1. The lowest BCUT2D eigenvalue weighted by Gasteiger charge is -1.93. The average molecular weight is 123 g/mol. The Morgan fingerprint density at radius 1 is 1.33 bits per heavy atom. The molecule has 0 unspecified atom stereocenters. The molecule has 0 amide bonds. The lowest BCUT2D eigenvalue weighted by atomic mass is 10.2. The van der Waals surface area contributed by atoms with Crippen molar-refractivity contribution in [1.29, 1.82) is 0 Å². The van der Waals surface area contributed by atoms with Crippen LogP contribution in [0.25, 0.3) is 0 Å². The molecule has 0 bridgehead atoms. The van der Waals surface area contributed by atoms with Gasteiger partial charge in [-0.25, -0.2) is 0 Å². The predicted octanol–water partition coefficient (Wildman–Crippen LogP) is 1.22. The van der Waals surface area contributed by atoms with E-state index >= 15 is 0 Å². The number of benzene rings is 1. The summed E-state index contributed by atoms with van der Waals surface area (Å²) in [5.41, 5.74) is 0.866. The van der Waals surface area contributed by atoms with E-state index in [1.807, 2.05) is 30.3 Å². The molecule has 0 radical (unpaired) electrons. The maximum atomic E-state index is 8.60. The van der Waals surface area contributed by atoms with Gasteiger partial charge in [0.1, 0.15) is 0 Å². The number of aliphatic hydroxyl groups is 1. The van der Waals surface area contributed by atoms with Crippen LogP contribution in [0.5, 0.6) is 0 Å². The van der Waals surface area contributed by atoms with Crippen molar-refractivity contribution in [3.05, 3.63) is 35.9 Å². The molecule has 1 aromatic carbocycles. The second-order valence-electron chi connectivity index (χ2n) is 1.80. The Morgan fingerprint density at radius 2 is 2.00 bits per heavy atom. The zero-order valence-electron chi connectivity index (χ0n) is 6.12. The van der Waals surface area contributed by atoms with Gasteiger partial charge >= 0.3 is 0 Å². The van der Waals surface area contributed by atoms with E-state index < -0.39 is 6.40 Å². The van der Waals surface area contributed by atoms with E-state index in [9.17, 15) is 0 Å². The summed E-state index contributed by atoms with van der Waals surface area (Å²) in [5.74, 6) is 0. The summed E-state index contributed by atoms with van der Waals surface area (Å²) < 4.78 is 7.31. The molecule has 0 aliphatic carbocycles. The maximum Gasteiger partial charge on any atom is 0.0471 e. The first-order chi connectivity index (χ1) is 4.84. The summed E-state index contributed by atoms with van der Waals surface area (Å²) in [6, 6.07) is 9.31. The molecule has 0 aliphatic rings. The quantitative estimate of drug-likeness (QED) is 0.627. The van der Waals surface area contributed by atoms with Crippen molar-refractivity contribution < 1.29 is 6.48 Å². The van der Waals surface area contributed by atoms with Crippen LogP contribution in [0.1, 0.15) is 6.93 Å². The molecule has 0 aliphatic heterocycles. The molecule has 0 aromatic heterocycles. The number of hydrogen-bond donors (Lipinski definition) is 1. The summed E-state index contributed by atoms with van der Waals surface area (Å²) in [5, 5.41) is 8.60. The van der Waals surface area contributed by atoms with Gasteiger partial charge in [0.25, 0.3) is 0 Å². The van der Waals surface area contributed by atoms with E-state index in [1.54, 1.807) is 0 Å². The van der Waals surface area contributed by atoms with Crippen LogP contribution in [-0.2, 0) is 6.40 Å². The van der Waals surface area contributed by atoms with E-state index in [0.29, 0.717) is 0 Å². The first-order valence-electron chi connectivity index (χ1n) is 3.50. The molecule has 9 heavy (non-hydrogen) atoms. The third-order valence-corrected chi connectivity index (χ3v) is 1.13. The Balaban J connectivity index is 2.75. The van der Waals surface area contributed by atoms with Gasteiger partial charge in [-0.05, 0) is 12.0 Å². The first kappa shape index (κ1) is 5.00. The fourth-order valence-corrected chi connectivity index (χ4v) is 0.695. The minimum atomic E-state index is -0.485. The number of aliphatic hydroxyl groups excluding tert-OH is 1. The lowest BCUT2D eigenvalue weighted by molar-refractivity contribution is 0.299. The van der Waals surface area contributed by atoms with Gasteiger partial charge in [-0.2, -0.15) is 0 Å². The number of rotatable bonds is 2. The van der Waals surface area contributed by atoms with Crippen molar-refractivity contribution in [2.75, 3.05) is 6.61 Å². The topological polar surface area (TPSA) is 20.2 Å². The third kappa shape index (κ3) is 1.86. The highest BCUT2D eigenvalue weighted by molar-refractivity contribution is 5.14. The van der Waals surface area contributed by atoms with Crippen molar-refractivity contribution in [2.24, 2.45) is 0 Å². The van der Waals surface area contributed by atoms with Crippen LogP contribution in [0.3, 0.4) is 0 Å². The maximum absolute atomic E-state index is 8.60. The van der Waals surface area contributed by atoms with Crippen LogP contribution >= 0.6 is 0 Å². The Hall–Kier alpha value is -0.820. The molecule has 0 heterocycles. The van der Waals surface area contributed by atoms with Gasteiger partial charge in [-0.1, -0.05) is 30.3 Å². The van der Waals surface area contributed by atoms with Crippen LogP contribution in [-0.4, -0.2) is 11.7 Å². The van der Waals surface area contributed by atoms with Crippen LogP contribution in [0, 0.1) is 0 Å². The zero-order chi connectivity index (χ0) is 7.40.